The molecule has 19 heavy (non-hydrogen) atoms. The molecule has 6 heteroatoms. The lowest BCUT2D eigenvalue weighted by atomic mass is 10.2. The summed E-state index contributed by atoms with van der Waals surface area (Å²) in [5, 5.41) is 2.68. The second-order valence-corrected chi connectivity index (χ2v) is 6.64. The molecule has 0 unspecified atom stereocenters. The third-order valence-electron chi connectivity index (χ3n) is 3.16. The molecule has 0 aromatic heterocycles. The van der Waals surface area contributed by atoms with Crippen molar-refractivity contribution in [2.75, 3.05) is 25.4 Å². The van der Waals surface area contributed by atoms with Gasteiger partial charge in [-0.1, -0.05) is 30.3 Å². The van der Waals surface area contributed by atoms with E-state index in [1.165, 1.54) is 4.31 Å². The summed E-state index contributed by atoms with van der Waals surface area (Å²) in [6.07, 6.45) is 0.742. The molecule has 0 atom stereocenters. The van der Waals surface area contributed by atoms with Crippen molar-refractivity contribution in [3.63, 3.8) is 0 Å². The van der Waals surface area contributed by atoms with Crippen LogP contribution in [0.3, 0.4) is 0 Å². The number of hydrogen-bond donors (Lipinski definition) is 1. The molecule has 1 N–H and O–H groups in total. The van der Waals surface area contributed by atoms with Gasteiger partial charge < -0.3 is 5.32 Å². The molecule has 1 aliphatic heterocycles. The summed E-state index contributed by atoms with van der Waals surface area (Å²) in [4.78, 5) is 11.2. The third-order valence-corrected chi connectivity index (χ3v) is 5.03. The summed E-state index contributed by atoms with van der Waals surface area (Å²) in [6.45, 7) is 1.04. The van der Waals surface area contributed by atoms with Crippen molar-refractivity contribution in [1.29, 1.82) is 0 Å². The molecule has 0 spiro atoms. The molecule has 1 saturated heterocycles. The number of aryl methyl sites for hydroxylation is 1. The van der Waals surface area contributed by atoms with E-state index in [0.29, 0.717) is 19.5 Å². The lowest BCUT2D eigenvalue weighted by Crippen LogP contribution is -2.36. The maximum Gasteiger partial charge on any atom is 0.221 e. The van der Waals surface area contributed by atoms with Crippen molar-refractivity contribution in [3.8, 4) is 0 Å². The number of carbonyl (C=O) groups is 1. The topological polar surface area (TPSA) is 66.5 Å². The summed E-state index contributed by atoms with van der Waals surface area (Å²) < 4.78 is 25.8. The Morgan fingerprint density at radius 2 is 1.89 bits per heavy atom. The Balaban J connectivity index is 1.96. The van der Waals surface area contributed by atoms with Gasteiger partial charge in [0.2, 0.25) is 15.9 Å². The molecule has 1 aliphatic rings. The van der Waals surface area contributed by atoms with Gasteiger partial charge in [0.25, 0.3) is 0 Å². The van der Waals surface area contributed by atoms with E-state index in [9.17, 15) is 13.2 Å². The summed E-state index contributed by atoms with van der Waals surface area (Å²) in [5.41, 5.74) is 1.01. The first-order valence-electron chi connectivity index (χ1n) is 6.36. The first-order chi connectivity index (χ1) is 9.08. The summed E-state index contributed by atoms with van der Waals surface area (Å²) in [6, 6.07) is 9.54. The van der Waals surface area contributed by atoms with Crippen LogP contribution in [0.5, 0.6) is 0 Å². The zero-order valence-corrected chi connectivity index (χ0v) is 11.5. The smallest absolute Gasteiger partial charge is 0.221 e. The zero-order valence-electron chi connectivity index (χ0n) is 10.7. The van der Waals surface area contributed by atoms with Gasteiger partial charge in [-0.2, -0.15) is 4.31 Å². The van der Waals surface area contributed by atoms with Gasteiger partial charge in [0.15, 0.2) is 0 Å². The number of nitrogens with zero attached hydrogens (tertiary/aromatic N) is 1. The molecule has 2 rings (SSSR count). The minimum Gasteiger partial charge on any atom is -0.355 e. The summed E-state index contributed by atoms with van der Waals surface area (Å²) in [5.74, 6) is 0.00587. The molecule has 0 saturated carbocycles. The normalized spacial score (nSPS) is 17.8. The van der Waals surface area contributed by atoms with E-state index in [1.807, 2.05) is 30.3 Å². The average Bonchev–Trinajstić information content (AvgIpc) is 2.63. The van der Waals surface area contributed by atoms with Gasteiger partial charge in [0.05, 0.1) is 5.75 Å². The molecule has 1 aromatic rings. The molecule has 1 heterocycles. The highest BCUT2D eigenvalue weighted by atomic mass is 32.2. The number of sulfonamides is 1. The van der Waals surface area contributed by atoms with Gasteiger partial charge in [-0.3, -0.25) is 4.79 Å². The van der Waals surface area contributed by atoms with E-state index < -0.39 is 10.0 Å². The Morgan fingerprint density at radius 3 is 2.63 bits per heavy atom. The van der Waals surface area contributed by atoms with Crippen molar-refractivity contribution in [3.05, 3.63) is 35.9 Å². The molecule has 0 aliphatic carbocycles. The Bertz CT molecular complexity index is 528. The lowest BCUT2D eigenvalue weighted by molar-refractivity contribution is -0.120. The van der Waals surface area contributed by atoms with Crippen LogP contribution in [0.1, 0.15) is 12.0 Å². The van der Waals surface area contributed by atoms with E-state index in [4.69, 9.17) is 0 Å². The van der Waals surface area contributed by atoms with E-state index in [-0.39, 0.29) is 24.6 Å². The number of amides is 1. The SMILES string of the molecule is O=C1CCN(S(=O)(=O)CCc2ccccc2)CCN1. The van der Waals surface area contributed by atoms with Crippen LogP contribution in [0.15, 0.2) is 30.3 Å². The van der Waals surface area contributed by atoms with Crippen LogP contribution in [0, 0.1) is 0 Å². The molecule has 0 bridgehead atoms. The van der Waals surface area contributed by atoms with Gasteiger partial charge in [0.1, 0.15) is 0 Å². The van der Waals surface area contributed by atoms with Crippen LogP contribution in [-0.2, 0) is 21.2 Å². The maximum atomic E-state index is 12.2. The molecule has 0 radical (unpaired) electrons. The Kier molecular flexibility index (Phi) is 4.55. The lowest BCUT2D eigenvalue weighted by Gasteiger charge is -2.19. The van der Waals surface area contributed by atoms with Crippen LogP contribution in [-0.4, -0.2) is 44.0 Å². The fourth-order valence-corrected chi connectivity index (χ4v) is 3.54. The fraction of sp³-hybridized carbons (Fsp3) is 0.462. The van der Waals surface area contributed by atoms with E-state index in [2.05, 4.69) is 5.32 Å². The van der Waals surface area contributed by atoms with Crippen LogP contribution in [0.25, 0.3) is 0 Å². The Morgan fingerprint density at radius 1 is 1.16 bits per heavy atom. The predicted molar refractivity (Wildman–Crippen MR) is 73.1 cm³/mol. The van der Waals surface area contributed by atoms with E-state index in [0.717, 1.165) is 5.56 Å². The second kappa shape index (κ2) is 6.16. The molecule has 5 nitrogen and oxygen atoms in total. The minimum atomic E-state index is -3.29. The van der Waals surface area contributed by atoms with Crippen molar-refractivity contribution in [1.82, 2.24) is 9.62 Å². The first-order valence-corrected chi connectivity index (χ1v) is 7.97. The molecular formula is C13H18N2O3S. The highest BCUT2D eigenvalue weighted by molar-refractivity contribution is 7.89. The number of hydrogen-bond acceptors (Lipinski definition) is 3. The van der Waals surface area contributed by atoms with Crippen molar-refractivity contribution >= 4 is 15.9 Å². The van der Waals surface area contributed by atoms with Crippen LogP contribution in [0.2, 0.25) is 0 Å². The number of benzene rings is 1. The summed E-state index contributed by atoms with van der Waals surface area (Å²) in [7, 11) is -3.29. The molecule has 1 aromatic carbocycles. The van der Waals surface area contributed by atoms with Crippen molar-refractivity contribution in [2.24, 2.45) is 0 Å². The molecule has 104 valence electrons. The highest BCUT2D eigenvalue weighted by Gasteiger charge is 2.24. The van der Waals surface area contributed by atoms with Gasteiger partial charge in [-0.15, -0.1) is 0 Å². The van der Waals surface area contributed by atoms with Gasteiger partial charge in [-0.25, -0.2) is 8.42 Å². The van der Waals surface area contributed by atoms with Crippen LogP contribution in [0.4, 0.5) is 0 Å². The fourth-order valence-electron chi connectivity index (χ4n) is 2.05. The second-order valence-electron chi connectivity index (χ2n) is 4.55. The monoisotopic (exact) mass is 282 g/mol. The molecule has 1 fully saturated rings. The molecule has 1 amide bonds. The first kappa shape index (κ1) is 14.0. The minimum absolute atomic E-state index is 0.0826. The zero-order chi connectivity index (χ0) is 13.7. The van der Waals surface area contributed by atoms with E-state index in [1.54, 1.807) is 0 Å². The van der Waals surface area contributed by atoms with Gasteiger partial charge in [0, 0.05) is 26.1 Å². The summed E-state index contributed by atoms with van der Waals surface area (Å²) >= 11 is 0. The number of nitrogens with one attached hydrogen (secondary N) is 1. The number of carbonyl (C=O) groups excluding carboxylic acids is 1. The van der Waals surface area contributed by atoms with Gasteiger partial charge >= 0.3 is 0 Å². The van der Waals surface area contributed by atoms with Crippen molar-refractivity contribution < 1.29 is 13.2 Å². The quantitative estimate of drug-likeness (QED) is 0.868. The standard InChI is InChI=1S/C13H18N2O3S/c16-13-6-9-15(10-8-14-13)19(17,18)11-7-12-4-2-1-3-5-12/h1-5H,6-11H2,(H,14,16). The highest BCUT2D eigenvalue weighted by Crippen LogP contribution is 2.08. The average molecular weight is 282 g/mol. The Hall–Kier alpha value is -1.40. The van der Waals surface area contributed by atoms with Crippen LogP contribution >= 0.6 is 0 Å². The van der Waals surface area contributed by atoms with Gasteiger partial charge in [-0.05, 0) is 12.0 Å². The van der Waals surface area contributed by atoms with Crippen LogP contribution < -0.4 is 5.32 Å². The van der Waals surface area contributed by atoms with Crippen molar-refractivity contribution in [2.45, 2.75) is 12.8 Å². The van der Waals surface area contributed by atoms with E-state index >= 15 is 0 Å². The molecular weight excluding hydrogens is 264 g/mol. The predicted octanol–water partition coefficient (Wildman–Crippen LogP) is 0.381. The number of rotatable bonds is 4. The third kappa shape index (κ3) is 4.04. The largest absolute Gasteiger partial charge is 0.355 e. The maximum absolute atomic E-state index is 12.2. The Labute approximate surface area is 113 Å².